The van der Waals surface area contributed by atoms with E-state index in [2.05, 4.69) is 11.6 Å². The van der Waals surface area contributed by atoms with Gasteiger partial charge < -0.3 is 14.4 Å². The number of hydrogen-bond acceptors (Lipinski definition) is 7. The Morgan fingerprint density at radius 3 is 2.70 bits per heavy atom. The summed E-state index contributed by atoms with van der Waals surface area (Å²) in [4.78, 5) is 20.6. The summed E-state index contributed by atoms with van der Waals surface area (Å²) in [6, 6.07) is 18.0. The molecule has 0 aliphatic carbocycles. The van der Waals surface area contributed by atoms with Crippen LogP contribution < -0.4 is 9.47 Å². The van der Waals surface area contributed by atoms with Gasteiger partial charge in [0.05, 0.1) is 18.6 Å². The smallest absolute Gasteiger partial charge is 0.246 e. The van der Waals surface area contributed by atoms with Crippen molar-refractivity contribution in [3.05, 3.63) is 95.3 Å². The average molecular weight is 536 g/mol. The zero-order valence-electron chi connectivity index (χ0n) is 19.9. The van der Waals surface area contributed by atoms with Gasteiger partial charge in [-0.25, -0.2) is 8.42 Å². The molecule has 0 unspecified atom stereocenters. The Morgan fingerprint density at radius 2 is 1.89 bits per heavy atom. The molecule has 0 radical (unpaired) electrons. The standard InChI is InChI=1S/C27H25N3O5S2/c1-2-13-30(37(32,33)25-9-3-6-21-7-4-12-28-27(21)25)18-26(31)29(17-22-8-5-14-36-22)16-20-10-11-23-24(15-20)35-19-34-23/h2-12,14-15H,1,13,16-19H2. The maximum Gasteiger partial charge on any atom is 0.246 e. The zero-order chi connectivity index (χ0) is 25.8. The molecule has 2 aromatic carbocycles. The Kier molecular flexibility index (Phi) is 7.22. The third-order valence-corrected chi connectivity index (χ3v) is 8.65. The predicted molar refractivity (Wildman–Crippen MR) is 142 cm³/mol. The molecule has 1 aliphatic rings. The molecular formula is C27H25N3O5S2. The Balaban J connectivity index is 1.43. The number of ether oxygens (including phenoxy) is 2. The molecule has 4 aromatic rings. The number of hydrogen-bond donors (Lipinski definition) is 0. The summed E-state index contributed by atoms with van der Waals surface area (Å²) in [5.74, 6) is 0.955. The van der Waals surface area contributed by atoms with Gasteiger partial charge in [-0.3, -0.25) is 9.78 Å². The number of aromatic nitrogens is 1. The van der Waals surface area contributed by atoms with Crippen LogP contribution in [0.3, 0.4) is 0 Å². The zero-order valence-corrected chi connectivity index (χ0v) is 21.6. The lowest BCUT2D eigenvalue weighted by Gasteiger charge is -2.27. The second kappa shape index (κ2) is 10.7. The minimum Gasteiger partial charge on any atom is -0.454 e. The number of rotatable bonds is 10. The lowest BCUT2D eigenvalue weighted by atomic mass is 10.2. The normalized spacial score (nSPS) is 12.7. The second-order valence-corrected chi connectivity index (χ2v) is 11.4. The molecule has 0 bridgehead atoms. The minimum absolute atomic E-state index is 0.0197. The highest BCUT2D eigenvalue weighted by atomic mass is 32.2. The number of benzene rings is 2. The number of thiophene rings is 1. The molecule has 37 heavy (non-hydrogen) atoms. The summed E-state index contributed by atoms with van der Waals surface area (Å²) >= 11 is 1.54. The van der Waals surface area contributed by atoms with Crippen LogP contribution in [0, 0.1) is 0 Å². The van der Waals surface area contributed by atoms with Gasteiger partial charge in [-0.05, 0) is 41.3 Å². The molecule has 8 nitrogen and oxygen atoms in total. The van der Waals surface area contributed by atoms with Gasteiger partial charge in [0.15, 0.2) is 11.5 Å². The fraction of sp³-hybridized carbons (Fsp3) is 0.185. The number of fused-ring (bicyclic) bond motifs is 2. The number of carbonyl (C=O) groups excluding carboxylic acids is 1. The van der Waals surface area contributed by atoms with Gasteiger partial charge in [0.1, 0.15) is 4.90 Å². The van der Waals surface area contributed by atoms with Gasteiger partial charge >= 0.3 is 0 Å². The fourth-order valence-electron chi connectivity index (χ4n) is 4.15. The van der Waals surface area contributed by atoms with E-state index in [9.17, 15) is 13.2 Å². The summed E-state index contributed by atoms with van der Waals surface area (Å²) in [7, 11) is -4.04. The number of sulfonamides is 1. The van der Waals surface area contributed by atoms with Crippen LogP contribution in [0.5, 0.6) is 11.5 Å². The van der Waals surface area contributed by atoms with Crippen molar-refractivity contribution in [2.24, 2.45) is 0 Å². The van der Waals surface area contributed by atoms with Crippen LogP contribution in [-0.2, 0) is 27.9 Å². The van der Waals surface area contributed by atoms with Crippen LogP contribution in [0.25, 0.3) is 10.9 Å². The van der Waals surface area contributed by atoms with Gasteiger partial charge in [-0.1, -0.05) is 36.4 Å². The maximum absolute atomic E-state index is 13.7. The van der Waals surface area contributed by atoms with Crippen molar-refractivity contribution in [2.75, 3.05) is 19.9 Å². The molecule has 3 heterocycles. The lowest BCUT2D eigenvalue weighted by molar-refractivity contribution is -0.132. The van der Waals surface area contributed by atoms with Crippen molar-refractivity contribution < 1.29 is 22.7 Å². The van der Waals surface area contributed by atoms with E-state index in [-0.39, 0.29) is 37.2 Å². The van der Waals surface area contributed by atoms with Crippen LogP contribution in [-0.4, -0.2) is 48.4 Å². The number of para-hydroxylation sites is 1. The highest BCUT2D eigenvalue weighted by Crippen LogP contribution is 2.33. The fourth-order valence-corrected chi connectivity index (χ4v) is 6.39. The van der Waals surface area contributed by atoms with Gasteiger partial charge in [0.2, 0.25) is 22.7 Å². The summed E-state index contributed by atoms with van der Waals surface area (Å²) < 4.78 is 39.5. The molecule has 1 aliphatic heterocycles. The monoisotopic (exact) mass is 535 g/mol. The van der Waals surface area contributed by atoms with Gasteiger partial charge in [0, 0.05) is 29.5 Å². The van der Waals surface area contributed by atoms with Crippen LogP contribution in [0.15, 0.2) is 89.8 Å². The molecule has 190 valence electrons. The van der Waals surface area contributed by atoms with Crippen molar-refractivity contribution in [3.8, 4) is 11.5 Å². The van der Waals surface area contributed by atoms with Gasteiger partial charge in [-0.2, -0.15) is 4.31 Å². The first-order valence-electron chi connectivity index (χ1n) is 11.6. The van der Waals surface area contributed by atoms with Crippen molar-refractivity contribution in [1.82, 2.24) is 14.2 Å². The first-order valence-corrected chi connectivity index (χ1v) is 13.9. The van der Waals surface area contributed by atoms with E-state index in [4.69, 9.17) is 9.47 Å². The number of amides is 1. The quantitative estimate of drug-likeness (QED) is 0.279. The van der Waals surface area contributed by atoms with E-state index in [1.807, 2.05) is 35.7 Å². The van der Waals surface area contributed by atoms with Crippen molar-refractivity contribution >= 4 is 38.2 Å². The second-order valence-electron chi connectivity index (χ2n) is 8.43. The number of carbonyl (C=O) groups is 1. The molecule has 0 N–H and O–H groups in total. The summed E-state index contributed by atoms with van der Waals surface area (Å²) in [6.07, 6.45) is 3.03. The number of nitrogens with zero attached hydrogens (tertiary/aromatic N) is 3. The van der Waals surface area contributed by atoms with E-state index >= 15 is 0 Å². The summed E-state index contributed by atoms with van der Waals surface area (Å²) in [6.45, 7) is 4.15. The first kappa shape index (κ1) is 24.9. The Morgan fingerprint density at radius 1 is 1.05 bits per heavy atom. The third kappa shape index (κ3) is 5.36. The van der Waals surface area contributed by atoms with E-state index in [1.165, 1.54) is 23.5 Å². The van der Waals surface area contributed by atoms with Crippen molar-refractivity contribution in [3.63, 3.8) is 0 Å². The van der Waals surface area contributed by atoms with E-state index in [0.29, 0.717) is 28.9 Å². The van der Waals surface area contributed by atoms with Crippen LogP contribution in [0.4, 0.5) is 0 Å². The lowest BCUT2D eigenvalue weighted by Crippen LogP contribution is -2.42. The molecule has 0 saturated heterocycles. The first-order chi connectivity index (χ1) is 18.0. The topological polar surface area (TPSA) is 89.0 Å². The summed E-state index contributed by atoms with van der Waals surface area (Å²) in [5.41, 5.74) is 1.22. The van der Waals surface area contributed by atoms with Crippen molar-refractivity contribution in [2.45, 2.75) is 18.0 Å². The SMILES string of the molecule is C=CCN(CC(=O)N(Cc1ccc2c(c1)OCO2)Cc1cccs1)S(=O)(=O)c1cccc2cccnc12. The Labute approximate surface area is 219 Å². The summed E-state index contributed by atoms with van der Waals surface area (Å²) in [5, 5.41) is 2.65. The molecule has 0 saturated carbocycles. The Bertz CT molecular complexity index is 1530. The highest BCUT2D eigenvalue weighted by Gasteiger charge is 2.30. The van der Waals surface area contributed by atoms with Crippen LogP contribution in [0.1, 0.15) is 10.4 Å². The molecule has 0 fully saturated rings. The minimum atomic E-state index is -4.04. The molecule has 5 rings (SSSR count). The van der Waals surface area contributed by atoms with Crippen molar-refractivity contribution in [1.29, 1.82) is 0 Å². The molecule has 0 atom stereocenters. The largest absolute Gasteiger partial charge is 0.454 e. The van der Waals surface area contributed by atoms with Crippen LogP contribution in [0.2, 0.25) is 0 Å². The third-order valence-electron chi connectivity index (χ3n) is 5.95. The highest BCUT2D eigenvalue weighted by molar-refractivity contribution is 7.89. The van der Waals surface area contributed by atoms with E-state index in [0.717, 1.165) is 14.7 Å². The molecular weight excluding hydrogens is 510 g/mol. The van der Waals surface area contributed by atoms with Gasteiger partial charge in [-0.15, -0.1) is 17.9 Å². The van der Waals surface area contributed by atoms with Gasteiger partial charge in [0.25, 0.3) is 0 Å². The average Bonchev–Trinajstić information content (AvgIpc) is 3.59. The molecule has 1 amide bonds. The molecule has 2 aromatic heterocycles. The molecule has 10 heteroatoms. The van der Waals surface area contributed by atoms with E-state index < -0.39 is 10.0 Å². The Hall–Kier alpha value is -3.73. The molecule has 0 spiro atoms. The number of pyridine rings is 1. The maximum atomic E-state index is 13.7. The van der Waals surface area contributed by atoms with E-state index in [1.54, 1.807) is 35.4 Å². The van der Waals surface area contributed by atoms with Crippen LogP contribution >= 0.6 is 11.3 Å². The predicted octanol–water partition coefficient (Wildman–Crippen LogP) is 4.43.